The van der Waals surface area contributed by atoms with Crippen molar-refractivity contribution in [3.05, 3.63) is 33.3 Å². The molecule has 0 radical (unpaired) electrons. The molecule has 0 aromatic heterocycles. The Balaban J connectivity index is 3.15. The quantitative estimate of drug-likeness (QED) is 0.893. The van der Waals surface area contributed by atoms with Crippen LogP contribution >= 0.6 is 27.5 Å². The Labute approximate surface area is 95.2 Å². The van der Waals surface area contributed by atoms with Gasteiger partial charge in [-0.15, -0.1) is 0 Å². The van der Waals surface area contributed by atoms with Crippen LogP contribution in [0, 0.1) is 0 Å². The normalized spacial score (nSPS) is 12.5. The van der Waals surface area contributed by atoms with Crippen LogP contribution in [0.15, 0.2) is 22.7 Å². The maximum absolute atomic E-state index is 10.9. The minimum absolute atomic E-state index is 0.440. The first kappa shape index (κ1) is 11.5. The van der Waals surface area contributed by atoms with Crippen LogP contribution in [-0.2, 0) is 4.79 Å². The predicted molar refractivity (Wildman–Crippen MR) is 58.6 cm³/mol. The summed E-state index contributed by atoms with van der Waals surface area (Å²) >= 11 is 9.15. The lowest BCUT2D eigenvalue weighted by atomic mass is 10.1. The molecule has 0 aliphatic carbocycles. The zero-order valence-corrected chi connectivity index (χ0v) is 9.76. The summed E-state index contributed by atoms with van der Waals surface area (Å²) in [5, 5.41) is 12.0. The van der Waals surface area contributed by atoms with Crippen molar-refractivity contribution in [2.75, 3.05) is 7.05 Å². The van der Waals surface area contributed by atoms with Gasteiger partial charge in [-0.05, 0) is 30.8 Å². The molecule has 0 aliphatic rings. The number of carbonyl (C=O) groups is 1. The molecule has 1 aromatic rings. The Hall–Kier alpha value is -0.580. The summed E-state index contributed by atoms with van der Waals surface area (Å²) in [4.78, 5) is 10.9. The molecule has 0 saturated carbocycles. The number of carboxylic acid groups (broad SMARTS) is 1. The van der Waals surface area contributed by atoms with Crippen LogP contribution in [-0.4, -0.2) is 18.1 Å². The molecule has 0 spiro atoms. The van der Waals surface area contributed by atoms with Crippen LogP contribution in [0.3, 0.4) is 0 Å². The third kappa shape index (κ3) is 2.47. The van der Waals surface area contributed by atoms with Crippen molar-refractivity contribution in [3.8, 4) is 0 Å². The summed E-state index contributed by atoms with van der Waals surface area (Å²) in [7, 11) is 1.58. The van der Waals surface area contributed by atoms with E-state index in [1.165, 1.54) is 0 Å². The average molecular weight is 279 g/mol. The van der Waals surface area contributed by atoms with Gasteiger partial charge in [-0.2, -0.15) is 0 Å². The molecule has 2 N–H and O–H groups in total. The molecule has 76 valence electrons. The SMILES string of the molecule is CNC(C(=O)O)c1cc(Br)ccc1Cl. The first-order valence-electron chi connectivity index (χ1n) is 3.91. The smallest absolute Gasteiger partial charge is 0.325 e. The first-order chi connectivity index (χ1) is 6.56. The highest BCUT2D eigenvalue weighted by Crippen LogP contribution is 2.26. The van der Waals surface area contributed by atoms with E-state index in [1.54, 1.807) is 25.2 Å². The van der Waals surface area contributed by atoms with Crippen LogP contribution < -0.4 is 5.32 Å². The lowest BCUT2D eigenvalue weighted by Crippen LogP contribution is -2.25. The number of hydrogen-bond donors (Lipinski definition) is 2. The molecule has 0 bridgehead atoms. The molecule has 0 amide bonds. The van der Waals surface area contributed by atoms with Gasteiger partial charge < -0.3 is 10.4 Å². The summed E-state index contributed by atoms with van der Waals surface area (Å²) in [5.74, 6) is -0.951. The van der Waals surface area contributed by atoms with Gasteiger partial charge in [-0.1, -0.05) is 27.5 Å². The van der Waals surface area contributed by atoms with E-state index in [2.05, 4.69) is 21.2 Å². The van der Waals surface area contributed by atoms with Gasteiger partial charge in [0.05, 0.1) is 0 Å². The number of likely N-dealkylation sites (N-methyl/N-ethyl adjacent to an activating group) is 1. The molecule has 3 nitrogen and oxygen atoms in total. The number of hydrogen-bond acceptors (Lipinski definition) is 2. The standard InChI is InChI=1S/C9H9BrClNO2/c1-12-8(9(13)14)6-4-5(10)2-3-7(6)11/h2-4,8,12H,1H3,(H,13,14). The second-order valence-electron chi connectivity index (χ2n) is 2.73. The van der Waals surface area contributed by atoms with Crippen molar-refractivity contribution < 1.29 is 9.90 Å². The molecule has 1 rings (SSSR count). The van der Waals surface area contributed by atoms with Gasteiger partial charge in [0, 0.05) is 9.50 Å². The number of carboxylic acids is 1. The van der Waals surface area contributed by atoms with E-state index < -0.39 is 12.0 Å². The molecule has 14 heavy (non-hydrogen) atoms. The van der Waals surface area contributed by atoms with E-state index in [1.807, 2.05) is 0 Å². The lowest BCUT2D eigenvalue weighted by molar-refractivity contribution is -0.139. The second kappa shape index (κ2) is 4.77. The molecule has 5 heteroatoms. The molecular formula is C9H9BrClNO2. The van der Waals surface area contributed by atoms with E-state index >= 15 is 0 Å². The molecule has 1 aromatic carbocycles. The van der Waals surface area contributed by atoms with Crippen molar-refractivity contribution in [3.63, 3.8) is 0 Å². The average Bonchev–Trinajstić information content (AvgIpc) is 2.11. The van der Waals surface area contributed by atoms with E-state index in [0.29, 0.717) is 10.6 Å². The summed E-state index contributed by atoms with van der Waals surface area (Å²) in [5.41, 5.74) is 0.552. The van der Waals surface area contributed by atoms with Gasteiger partial charge in [0.25, 0.3) is 0 Å². The topological polar surface area (TPSA) is 49.3 Å². The fraction of sp³-hybridized carbons (Fsp3) is 0.222. The third-order valence-electron chi connectivity index (χ3n) is 1.80. The van der Waals surface area contributed by atoms with E-state index in [4.69, 9.17) is 16.7 Å². The van der Waals surface area contributed by atoms with Crippen LogP contribution in [0.2, 0.25) is 5.02 Å². The highest BCUT2D eigenvalue weighted by atomic mass is 79.9. The third-order valence-corrected chi connectivity index (χ3v) is 2.64. The number of nitrogens with one attached hydrogen (secondary N) is 1. The summed E-state index contributed by atoms with van der Waals surface area (Å²) in [6, 6.07) is 4.34. The second-order valence-corrected chi connectivity index (χ2v) is 4.05. The monoisotopic (exact) mass is 277 g/mol. The van der Waals surface area contributed by atoms with E-state index in [-0.39, 0.29) is 0 Å². The van der Waals surface area contributed by atoms with Gasteiger partial charge in [0.1, 0.15) is 6.04 Å². The molecule has 1 atom stereocenters. The highest BCUT2D eigenvalue weighted by molar-refractivity contribution is 9.10. The Bertz CT molecular complexity index is 357. The minimum atomic E-state index is -0.951. The Morgan fingerprint density at radius 3 is 2.79 bits per heavy atom. The van der Waals surface area contributed by atoms with Crippen molar-refractivity contribution in [1.82, 2.24) is 5.32 Å². The maximum Gasteiger partial charge on any atom is 0.325 e. The van der Waals surface area contributed by atoms with E-state index in [0.717, 1.165) is 4.47 Å². The van der Waals surface area contributed by atoms with Crippen LogP contribution in [0.1, 0.15) is 11.6 Å². The summed E-state index contributed by atoms with van der Waals surface area (Å²) < 4.78 is 0.804. The molecular weight excluding hydrogens is 269 g/mol. The Kier molecular flexibility index (Phi) is 3.92. The summed E-state index contributed by atoms with van der Waals surface area (Å²) in [6.07, 6.45) is 0. The van der Waals surface area contributed by atoms with Gasteiger partial charge >= 0.3 is 5.97 Å². The summed E-state index contributed by atoms with van der Waals surface area (Å²) in [6.45, 7) is 0. The fourth-order valence-corrected chi connectivity index (χ4v) is 1.75. The van der Waals surface area contributed by atoms with E-state index in [9.17, 15) is 4.79 Å². The zero-order chi connectivity index (χ0) is 10.7. The van der Waals surface area contributed by atoms with Gasteiger partial charge in [-0.3, -0.25) is 4.79 Å². The van der Waals surface area contributed by atoms with Crippen LogP contribution in [0.25, 0.3) is 0 Å². The first-order valence-corrected chi connectivity index (χ1v) is 5.08. The maximum atomic E-state index is 10.9. The van der Waals surface area contributed by atoms with Crippen molar-refractivity contribution in [2.45, 2.75) is 6.04 Å². The van der Waals surface area contributed by atoms with Crippen molar-refractivity contribution >= 4 is 33.5 Å². The van der Waals surface area contributed by atoms with Gasteiger partial charge in [0.2, 0.25) is 0 Å². The molecule has 0 fully saturated rings. The molecule has 1 unspecified atom stereocenters. The number of benzene rings is 1. The van der Waals surface area contributed by atoms with Gasteiger partial charge in [0.15, 0.2) is 0 Å². The highest BCUT2D eigenvalue weighted by Gasteiger charge is 2.20. The van der Waals surface area contributed by atoms with Crippen molar-refractivity contribution in [1.29, 1.82) is 0 Å². The number of halogens is 2. The zero-order valence-electron chi connectivity index (χ0n) is 7.42. The molecule has 0 saturated heterocycles. The molecule has 0 aliphatic heterocycles. The Morgan fingerprint density at radius 1 is 1.64 bits per heavy atom. The minimum Gasteiger partial charge on any atom is -0.480 e. The van der Waals surface area contributed by atoms with Crippen LogP contribution in [0.4, 0.5) is 0 Å². The molecule has 0 heterocycles. The lowest BCUT2D eigenvalue weighted by Gasteiger charge is -2.13. The fourth-order valence-electron chi connectivity index (χ4n) is 1.15. The largest absolute Gasteiger partial charge is 0.480 e. The van der Waals surface area contributed by atoms with Crippen LogP contribution in [0.5, 0.6) is 0 Å². The number of rotatable bonds is 3. The Morgan fingerprint density at radius 2 is 2.29 bits per heavy atom. The predicted octanol–water partition coefficient (Wildman–Crippen LogP) is 2.45. The van der Waals surface area contributed by atoms with Crippen molar-refractivity contribution in [2.24, 2.45) is 0 Å². The van der Waals surface area contributed by atoms with Gasteiger partial charge in [-0.25, -0.2) is 0 Å². The number of aliphatic carboxylic acids is 1.